The van der Waals surface area contributed by atoms with Crippen molar-refractivity contribution in [3.05, 3.63) is 40.0 Å². The van der Waals surface area contributed by atoms with Gasteiger partial charge < -0.3 is 10.3 Å². The molecule has 2 heterocycles. The maximum absolute atomic E-state index is 13.3. The van der Waals surface area contributed by atoms with E-state index < -0.39 is 0 Å². The molecule has 7 heteroatoms. The molecule has 0 fully saturated rings. The Morgan fingerprint density at radius 3 is 3.00 bits per heavy atom. The van der Waals surface area contributed by atoms with Crippen LogP contribution in [0.1, 0.15) is 10.6 Å². The van der Waals surface area contributed by atoms with Crippen LogP contribution in [0.5, 0.6) is 0 Å². The lowest BCUT2D eigenvalue weighted by atomic mass is 10.1. The van der Waals surface area contributed by atoms with Crippen LogP contribution in [0.4, 0.5) is 4.39 Å². The molecule has 21 heavy (non-hydrogen) atoms. The predicted molar refractivity (Wildman–Crippen MR) is 78.3 cm³/mol. The zero-order chi connectivity index (χ0) is 14.8. The highest BCUT2D eigenvalue weighted by Gasteiger charge is 2.15. The molecule has 3 aromatic rings. The van der Waals surface area contributed by atoms with Crippen LogP contribution >= 0.6 is 11.3 Å². The largest absolute Gasteiger partial charge is 0.332 e. The Bertz CT molecular complexity index is 768. The Morgan fingerprint density at radius 1 is 1.33 bits per heavy atom. The lowest BCUT2D eigenvalue weighted by Crippen LogP contribution is -2.01. The van der Waals surface area contributed by atoms with E-state index >= 15 is 0 Å². The van der Waals surface area contributed by atoms with E-state index in [1.165, 1.54) is 23.5 Å². The molecule has 108 valence electrons. The van der Waals surface area contributed by atoms with E-state index in [4.69, 9.17) is 10.3 Å². The molecule has 0 unspecified atom stereocenters. The molecular weight excluding hydrogens is 291 g/mol. The first-order chi connectivity index (χ1) is 10.2. The van der Waals surface area contributed by atoms with Crippen molar-refractivity contribution in [3.8, 4) is 23.0 Å². The summed E-state index contributed by atoms with van der Waals surface area (Å²) in [6, 6.07) is 4.48. The van der Waals surface area contributed by atoms with Crippen LogP contribution in [0.25, 0.3) is 23.0 Å². The topological polar surface area (TPSA) is 77.8 Å². The summed E-state index contributed by atoms with van der Waals surface area (Å²) >= 11 is 1.50. The van der Waals surface area contributed by atoms with Crippen LogP contribution in [0.15, 0.2) is 28.1 Å². The van der Waals surface area contributed by atoms with Crippen molar-refractivity contribution >= 4 is 11.3 Å². The third-order valence-electron chi connectivity index (χ3n) is 3.00. The average molecular weight is 304 g/mol. The number of hydrogen-bond donors (Lipinski definition) is 1. The minimum atomic E-state index is -0.333. The molecule has 0 aliphatic rings. The summed E-state index contributed by atoms with van der Waals surface area (Å²) in [5.74, 6) is 0.351. The van der Waals surface area contributed by atoms with E-state index in [2.05, 4.69) is 15.1 Å². The Kier molecular flexibility index (Phi) is 3.76. The number of benzene rings is 1. The standard InChI is InChI=1S/C14H13FN4OS/c1-8-2-3-9(15)6-10(8)13-18-14(20-19-13)11-7-21-12(17-11)4-5-16/h2-3,6-7H,4-5,16H2,1H3. The highest BCUT2D eigenvalue weighted by Crippen LogP contribution is 2.26. The van der Waals surface area contributed by atoms with Gasteiger partial charge >= 0.3 is 0 Å². The molecule has 0 radical (unpaired) electrons. The minimum absolute atomic E-state index is 0.327. The lowest BCUT2D eigenvalue weighted by molar-refractivity contribution is 0.431. The monoisotopic (exact) mass is 304 g/mol. The Labute approximate surface area is 124 Å². The van der Waals surface area contributed by atoms with Gasteiger partial charge in [-0.15, -0.1) is 11.3 Å². The predicted octanol–water partition coefficient (Wildman–Crippen LogP) is 2.81. The molecule has 1 aromatic carbocycles. The molecule has 2 aromatic heterocycles. The number of nitrogens with two attached hydrogens (primary N) is 1. The minimum Gasteiger partial charge on any atom is -0.332 e. The van der Waals surface area contributed by atoms with Crippen molar-refractivity contribution in [1.29, 1.82) is 0 Å². The third-order valence-corrected chi connectivity index (χ3v) is 3.90. The fraction of sp³-hybridized carbons (Fsp3) is 0.214. The number of rotatable bonds is 4. The number of thiazole rings is 1. The Balaban J connectivity index is 1.93. The van der Waals surface area contributed by atoms with Gasteiger partial charge in [-0.1, -0.05) is 11.2 Å². The molecule has 0 atom stereocenters. The van der Waals surface area contributed by atoms with Gasteiger partial charge in [0.25, 0.3) is 5.89 Å². The van der Waals surface area contributed by atoms with E-state index in [1.807, 2.05) is 12.3 Å². The smallest absolute Gasteiger partial charge is 0.277 e. The molecule has 0 amide bonds. The van der Waals surface area contributed by atoms with E-state index in [1.54, 1.807) is 6.07 Å². The zero-order valence-electron chi connectivity index (χ0n) is 11.3. The number of aromatic nitrogens is 3. The summed E-state index contributed by atoms with van der Waals surface area (Å²) in [6.07, 6.45) is 0.717. The summed E-state index contributed by atoms with van der Waals surface area (Å²) in [5.41, 5.74) is 7.61. The maximum Gasteiger partial charge on any atom is 0.277 e. The average Bonchev–Trinajstić information content (AvgIpc) is 3.10. The molecule has 0 saturated heterocycles. The van der Waals surface area contributed by atoms with Crippen molar-refractivity contribution in [2.45, 2.75) is 13.3 Å². The molecule has 0 spiro atoms. The van der Waals surface area contributed by atoms with Crippen LogP contribution < -0.4 is 5.73 Å². The Hall–Kier alpha value is -2.12. The van der Waals surface area contributed by atoms with Gasteiger partial charge in [-0.05, 0) is 31.2 Å². The first kappa shape index (κ1) is 13.8. The summed E-state index contributed by atoms with van der Waals surface area (Å²) in [5, 5.41) is 6.68. The second-order valence-corrected chi connectivity index (χ2v) is 5.49. The van der Waals surface area contributed by atoms with Crippen LogP contribution in [0.2, 0.25) is 0 Å². The van der Waals surface area contributed by atoms with Gasteiger partial charge in [-0.3, -0.25) is 0 Å². The summed E-state index contributed by atoms with van der Waals surface area (Å²) in [6.45, 7) is 2.41. The maximum atomic E-state index is 13.3. The highest BCUT2D eigenvalue weighted by molar-refractivity contribution is 7.09. The summed E-state index contributed by atoms with van der Waals surface area (Å²) in [4.78, 5) is 8.68. The Morgan fingerprint density at radius 2 is 2.19 bits per heavy atom. The summed E-state index contributed by atoms with van der Waals surface area (Å²) < 4.78 is 18.6. The molecule has 0 aliphatic carbocycles. The highest BCUT2D eigenvalue weighted by atomic mass is 32.1. The van der Waals surface area contributed by atoms with E-state index in [0.717, 1.165) is 10.6 Å². The lowest BCUT2D eigenvalue weighted by Gasteiger charge is -1.99. The second kappa shape index (κ2) is 5.71. The van der Waals surface area contributed by atoms with Crippen molar-refractivity contribution in [2.24, 2.45) is 5.73 Å². The normalized spacial score (nSPS) is 11.0. The molecule has 0 saturated carbocycles. The quantitative estimate of drug-likeness (QED) is 0.802. The number of hydrogen-bond acceptors (Lipinski definition) is 6. The van der Waals surface area contributed by atoms with Gasteiger partial charge in [0.2, 0.25) is 5.82 Å². The van der Waals surface area contributed by atoms with Crippen molar-refractivity contribution in [3.63, 3.8) is 0 Å². The number of nitrogens with zero attached hydrogens (tertiary/aromatic N) is 3. The third kappa shape index (κ3) is 2.84. The SMILES string of the molecule is Cc1ccc(F)cc1-c1noc(-c2csc(CCN)n2)n1. The van der Waals surface area contributed by atoms with Gasteiger partial charge in [-0.2, -0.15) is 4.98 Å². The van der Waals surface area contributed by atoms with E-state index in [-0.39, 0.29) is 5.82 Å². The fourth-order valence-electron chi connectivity index (χ4n) is 1.92. The van der Waals surface area contributed by atoms with Crippen LogP contribution in [0, 0.1) is 12.7 Å². The fourth-order valence-corrected chi connectivity index (χ4v) is 2.71. The number of aryl methyl sites for hydroxylation is 1. The molecule has 5 nitrogen and oxygen atoms in total. The second-order valence-electron chi connectivity index (χ2n) is 4.55. The molecule has 0 bridgehead atoms. The molecular formula is C14H13FN4OS. The molecule has 0 aliphatic heterocycles. The van der Waals surface area contributed by atoms with Crippen LogP contribution in [-0.2, 0) is 6.42 Å². The molecule has 3 rings (SSSR count). The van der Waals surface area contributed by atoms with Crippen LogP contribution in [-0.4, -0.2) is 21.7 Å². The number of halogens is 1. The van der Waals surface area contributed by atoms with Gasteiger partial charge in [0.15, 0.2) is 0 Å². The van der Waals surface area contributed by atoms with E-state index in [9.17, 15) is 4.39 Å². The van der Waals surface area contributed by atoms with Crippen molar-refractivity contribution < 1.29 is 8.91 Å². The van der Waals surface area contributed by atoms with E-state index in [0.29, 0.717) is 35.9 Å². The summed E-state index contributed by atoms with van der Waals surface area (Å²) in [7, 11) is 0. The molecule has 2 N–H and O–H groups in total. The van der Waals surface area contributed by atoms with Crippen LogP contribution in [0.3, 0.4) is 0 Å². The van der Waals surface area contributed by atoms with Gasteiger partial charge in [-0.25, -0.2) is 9.37 Å². The zero-order valence-corrected chi connectivity index (χ0v) is 12.2. The van der Waals surface area contributed by atoms with Gasteiger partial charge in [0.05, 0.1) is 5.01 Å². The van der Waals surface area contributed by atoms with Gasteiger partial charge in [0, 0.05) is 17.4 Å². The first-order valence-electron chi connectivity index (χ1n) is 6.42. The van der Waals surface area contributed by atoms with Crippen molar-refractivity contribution in [1.82, 2.24) is 15.1 Å². The van der Waals surface area contributed by atoms with Crippen molar-refractivity contribution in [2.75, 3.05) is 6.54 Å². The first-order valence-corrected chi connectivity index (χ1v) is 7.30. The van der Waals surface area contributed by atoms with Gasteiger partial charge in [0.1, 0.15) is 11.5 Å².